The molecular formula is C20H24N6O2. The molecule has 1 aromatic carbocycles. The standard InChI is InChI=1S/C20H24N6O2/c1-14-11-15(2)26(25-14)19-12-18(23-13-24-19)21-9-10-22-20(27)16(3)28-17-7-5-4-6-8-17/h4-8,11-13,16H,9-10H2,1-3H3,(H,22,27)(H,21,23,24). The van der Waals surface area contributed by atoms with Gasteiger partial charge in [-0.25, -0.2) is 14.6 Å². The van der Waals surface area contributed by atoms with Crippen LogP contribution >= 0.6 is 0 Å². The van der Waals surface area contributed by atoms with Crippen LogP contribution in [0, 0.1) is 13.8 Å². The van der Waals surface area contributed by atoms with E-state index in [1.165, 1.54) is 6.33 Å². The zero-order chi connectivity index (χ0) is 19.9. The lowest BCUT2D eigenvalue weighted by molar-refractivity contribution is -0.127. The average Bonchev–Trinajstić information content (AvgIpc) is 3.04. The van der Waals surface area contributed by atoms with Crippen LogP contribution < -0.4 is 15.4 Å². The summed E-state index contributed by atoms with van der Waals surface area (Å²) in [4.78, 5) is 20.6. The number of benzene rings is 1. The summed E-state index contributed by atoms with van der Waals surface area (Å²) in [6.07, 6.45) is 0.918. The Labute approximate surface area is 164 Å². The van der Waals surface area contributed by atoms with Gasteiger partial charge in [0.2, 0.25) is 0 Å². The Balaban J connectivity index is 1.47. The van der Waals surface area contributed by atoms with Crippen molar-refractivity contribution in [1.29, 1.82) is 0 Å². The number of amides is 1. The number of nitrogens with one attached hydrogen (secondary N) is 2. The monoisotopic (exact) mass is 380 g/mol. The fourth-order valence-corrected chi connectivity index (χ4v) is 2.70. The molecule has 0 saturated carbocycles. The van der Waals surface area contributed by atoms with E-state index in [1.807, 2.05) is 56.3 Å². The lowest BCUT2D eigenvalue weighted by Gasteiger charge is -2.15. The minimum Gasteiger partial charge on any atom is -0.481 e. The molecule has 146 valence electrons. The van der Waals surface area contributed by atoms with Crippen LogP contribution in [0.25, 0.3) is 5.82 Å². The zero-order valence-corrected chi connectivity index (χ0v) is 16.2. The summed E-state index contributed by atoms with van der Waals surface area (Å²) in [5.41, 5.74) is 1.93. The summed E-state index contributed by atoms with van der Waals surface area (Å²) < 4.78 is 7.38. The third-order valence-corrected chi connectivity index (χ3v) is 4.03. The number of anilines is 1. The Bertz CT molecular complexity index is 925. The molecule has 1 atom stereocenters. The molecular weight excluding hydrogens is 356 g/mol. The van der Waals surface area contributed by atoms with Crippen molar-refractivity contribution in [1.82, 2.24) is 25.1 Å². The summed E-state index contributed by atoms with van der Waals surface area (Å²) >= 11 is 0. The molecule has 0 bridgehead atoms. The van der Waals surface area contributed by atoms with E-state index in [0.717, 1.165) is 11.4 Å². The van der Waals surface area contributed by atoms with E-state index in [-0.39, 0.29) is 5.91 Å². The fourth-order valence-electron chi connectivity index (χ4n) is 2.70. The molecule has 0 aliphatic rings. The van der Waals surface area contributed by atoms with Crippen LogP contribution in [0.2, 0.25) is 0 Å². The molecule has 0 spiro atoms. The number of aromatic nitrogens is 4. The molecule has 1 unspecified atom stereocenters. The molecule has 0 fully saturated rings. The van der Waals surface area contributed by atoms with Crippen molar-refractivity contribution in [3.05, 3.63) is 60.2 Å². The molecule has 3 rings (SSSR count). The third kappa shape index (κ3) is 5.06. The molecule has 28 heavy (non-hydrogen) atoms. The Hall–Kier alpha value is -3.42. The zero-order valence-electron chi connectivity index (χ0n) is 16.2. The van der Waals surface area contributed by atoms with E-state index in [9.17, 15) is 4.79 Å². The SMILES string of the molecule is Cc1cc(C)n(-c2cc(NCCNC(=O)C(C)Oc3ccccc3)ncn2)n1. The van der Waals surface area contributed by atoms with Crippen molar-refractivity contribution < 1.29 is 9.53 Å². The highest BCUT2D eigenvalue weighted by Crippen LogP contribution is 2.12. The first-order chi connectivity index (χ1) is 13.5. The second-order valence-corrected chi connectivity index (χ2v) is 6.39. The number of para-hydroxylation sites is 1. The molecule has 8 heteroatoms. The topological polar surface area (TPSA) is 94.0 Å². The first-order valence-electron chi connectivity index (χ1n) is 9.12. The van der Waals surface area contributed by atoms with E-state index in [4.69, 9.17) is 4.74 Å². The molecule has 3 aromatic rings. The van der Waals surface area contributed by atoms with Crippen LogP contribution in [0.3, 0.4) is 0 Å². The van der Waals surface area contributed by atoms with E-state index < -0.39 is 6.10 Å². The fraction of sp³-hybridized carbons (Fsp3) is 0.300. The smallest absolute Gasteiger partial charge is 0.260 e. The Morgan fingerprint density at radius 1 is 1.14 bits per heavy atom. The normalized spacial score (nSPS) is 11.7. The third-order valence-electron chi connectivity index (χ3n) is 4.03. The highest BCUT2D eigenvalue weighted by atomic mass is 16.5. The molecule has 8 nitrogen and oxygen atoms in total. The maximum absolute atomic E-state index is 12.1. The van der Waals surface area contributed by atoms with Gasteiger partial charge in [0, 0.05) is 24.8 Å². The molecule has 2 aromatic heterocycles. The maximum atomic E-state index is 12.1. The van der Waals surface area contributed by atoms with Crippen molar-refractivity contribution in [2.24, 2.45) is 0 Å². The van der Waals surface area contributed by atoms with Gasteiger partial charge >= 0.3 is 0 Å². The van der Waals surface area contributed by atoms with Gasteiger partial charge < -0.3 is 15.4 Å². The van der Waals surface area contributed by atoms with Gasteiger partial charge in [0.15, 0.2) is 11.9 Å². The van der Waals surface area contributed by atoms with Crippen LogP contribution in [0.1, 0.15) is 18.3 Å². The van der Waals surface area contributed by atoms with Crippen LogP contribution in [0.15, 0.2) is 48.8 Å². The lowest BCUT2D eigenvalue weighted by atomic mass is 10.3. The Kier molecular flexibility index (Phi) is 6.21. The number of nitrogens with zero attached hydrogens (tertiary/aromatic N) is 4. The quantitative estimate of drug-likeness (QED) is 0.582. The van der Waals surface area contributed by atoms with Crippen molar-refractivity contribution in [3.8, 4) is 11.6 Å². The van der Waals surface area contributed by atoms with Gasteiger partial charge in [-0.15, -0.1) is 0 Å². The summed E-state index contributed by atoms with van der Waals surface area (Å²) in [5.74, 6) is 1.86. The summed E-state index contributed by atoms with van der Waals surface area (Å²) in [6, 6.07) is 13.1. The molecule has 0 aliphatic carbocycles. The Morgan fingerprint density at radius 3 is 2.64 bits per heavy atom. The van der Waals surface area contributed by atoms with E-state index in [0.29, 0.717) is 30.5 Å². The van der Waals surface area contributed by atoms with Crippen LogP contribution in [0.5, 0.6) is 5.75 Å². The first kappa shape index (κ1) is 19.3. The summed E-state index contributed by atoms with van der Waals surface area (Å²) in [6.45, 7) is 6.61. The van der Waals surface area contributed by atoms with E-state index in [2.05, 4.69) is 25.7 Å². The van der Waals surface area contributed by atoms with Crippen molar-refractivity contribution in [2.75, 3.05) is 18.4 Å². The lowest BCUT2D eigenvalue weighted by Crippen LogP contribution is -2.38. The summed E-state index contributed by atoms with van der Waals surface area (Å²) in [5, 5.41) is 10.4. The Morgan fingerprint density at radius 2 is 1.93 bits per heavy atom. The molecule has 0 radical (unpaired) electrons. The molecule has 1 amide bonds. The van der Waals surface area contributed by atoms with Gasteiger partial charge in [0.1, 0.15) is 17.9 Å². The molecule has 0 saturated heterocycles. The maximum Gasteiger partial charge on any atom is 0.260 e. The van der Waals surface area contributed by atoms with Gasteiger partial charge in [-0.1, -0.05) is 18.2 Å². The van der Waals surface area contributed by atoms with Crippen LogP contribution in [-0.4, -0.2) is 44.8 Å². The molecule has 2 N–H and O–H groups in total. The predicted octanol–water partition coefficient (Wildman–Crippen LogP) is 2.27. The molecule has 2 heterocycles. The van der Waals surface area contributed by atoms with Crippen LogP contribution in [-0.2, 0) is 4.79 Å². The second kappa shape index (κ2) is 8.98. The largest absolute Gasteiger partial charge is 0.481 e. The van der Waals surface area contributed by atoms with E-state index in [1.54, 1.807) is 11.6 Å². The number of carbonyl (C=O) groups is 1. The highest BCUT2D eigenvalue weighted by molar-refractivity contribution is 5.80. The average molecular weight is 380 g/mol. The second-order valence-electron chi connectivity index (χ2n) is 6.39. The van der Waals surface area contributed by atoms with E-state index >= 15 is 0 Å². The first-order valence-corrected chi connectivity index (χ1v) is 9.12. The number of carbonyl (C=O) groups excluding carboxylic acids is 1. The minimum absolute atomic E-state index is 0.170. The predicted molar refractivity (Wildman–Crippen MR) is 107 cm³/mol. The van der Waals surface area contributed by atoms with Crippen molar-refractivity contribution >= 4 is 11.7 Å². The highest BCUT2D eigenvalue weighted by Gasteiger charge is 2.13. The van der Waals surface area contributed by atoms with Gasteiger partial charge in [-0.3, -0.25) is 4.79 Å². The number of ether oxygens (including phenoxy) is 1. The molecule has 0 aliphatic heterocycles. The summed E-state index contributed by atoms with van der Waals surface area (Å²) in [7, 11) is 0. The van der Waals surface area contributed by atoms with Crippen molar-refractivity contribution in [3.63, 3.8) is 0 Å². The van der Waals surface area contributed by atoms with Gasteiger partial charge in [-0.2, -0.15) is 5.10 Å². The van der Waals surface area contributed by atoms with Gasteiger partial charge in [0.25, 0.3) is 5.91 Å². The number of hydrogen-bond acceptors (Lipinski definition) is 6. The number of rotatable bonds is 8. The minimum atomic E-state index is -0.570. The van der Waals surface area contributed by atoms with Gasteiger partial charge in [-0.05, 0) is 39.0 Å². The van der Waals surface area contributed by atoms with Gasteiger partial charge in [0.05, 0.1) is 5.69 Å². The number of hydrogen-bond donors (Lipinski definition) is 2. The van der Waals surface area contributed by atoms with Crippen molar-refractivity contribution in [2.45, 2.75) is 26.9 Å². The number of aryl methyl sites for hydroxylation is 2. The van der Waals surface area contributed by atoms with Crippen LogP contribution in [0.4, 0.5) is 5.82 Å².